The van der Waals surface area contributed by atoms with Crippen molar-refractivity contribution in [2.45, 2.75) is 49.8 Å². The maximum Gasteiger partial charge on any atom is 0.187 e. The van der Waals surface area contributed by atoms with Gasteiger partial charge in [0.2, 0.25) is 0 Å². The zero-order chi connectivity index (χ0) is 15.6. The summed E-state index contributed by atoms with van der Waals surface area (Å²) in [6.07, 6.45) is 1.42. The summed E-state index contributed by atoms with van der Waals surface area (Å²) in [4.78, 5) is 0.178. The number of nitrogens with zero attached hydrogens (tertiary/aromatic N) is 1. The van der Waals surface area contributed by atoms with E-state index in [1.165, 1.54) is 0 Å². The maximum atomic E-state index is 12.5. The average molecular weight is 333 g/mol. The summed E-state index contributed by atoms with van der Waals surface area (Å²) in [5.74, 6) is 0.407. The number of rotatable bonds is 8. The van der Waals surface area contributed by atoms with Crippen molar-refractivity contribution < 1.29 is 13.2 Å². The van der Waals surface area contributed by atoms with Crippen molar-refractivity contribution in [2.75, 3.05) is 24.3 Å². The second-order valence-corrected chi connectivity index (χ2v) is 8.56. The molecule has 0 radical (unpaired) electrons. The summed E-state index contributed by atoms with van der Waals surface area (Å²) >= 11 is 1.11. The van der Waals surface area contributed by atoms with Gasteiger partial charge in [0.1, 0.15) is 9.90 Å². The van der Waals surface area contributed by atoms with Crippen molar-refractivity contribution in [2.24, 2.45) is 5.92 Å². The first-order valence-corrected chi connectivity index (χ1v) is 9.53. The molecule has 0 bridgehead atoms. The Balaban J connectivity index is 2.24. The molecule has 1 unspecified atom stereocenters. The lowest BCUT2D eigenvalue weighted by Gasteiger charge is -2.22. The Labute approximate surface area is 130 Å². The number of hydrogen-bond acceptors (Lipinski definition) is 7. The molecular weight excluding hydrogens is 310 g/mol. The van der Waals surface area contributed by atoms with Crippen molar-refractivity contribution in [1.29, 1.82) is 0 Å². The molecule has 0 aliphatic heterocycles. The van der Waals surface area contributed by atoms with Crippen LogP contribution in [0.3, 0.4) is 0 Å². The molecule has 21 heavy (non-hydrogen) atoms. The van der Waals surface area contributed by atoms with Gasteiger partial charge in [0.25, 0.3) is 0 Å². The second kappa shape index (κ2) is 6.50. The summed E-state index contributed by atoms with van der Waals surface area (Å²) in [5, 5.41) is 3.51. The fraction of sp³-hybridized carbons (Fsp3) is 0.769. The summed E-state index contributed by atoms with van der Waals surface area (Å²) < 4.78 is 34.4. The highest BCUT2D eigenvalue weighted by Crippen LogP contribution is 2.41. The van der Waals surface area contributed by atoms with Crippen LogP contribution in [0.2, 0.25) is 0 Å². The lowest BCUT2D eigenvalue weighted by atomic mass is 10.1. The molecule has 8 heteroatoms. The van der Waals surface area contributed by atoms with Crippen molar-refractivity contribution in [1.82, 2.24) is 4.37 Å². The Morgan fingerprint density at radius 1 is 1.48 bits per heavy atom. The van der Waals surface area contributed by atoms with Crippen LogP contribution >= 0.6 is 11.5 Å². The fourth-order valence-corrected chi connectivity index (χ4v) is 4.95. The van der Waals surface area contributed by atoms with Crippen LogP contribution in [0.1, 0.15) is 33.6 Å². The van der Waals surface area contributed by atoms with E-state index in [0.29, 0.717) is 37.0 Å². The molecule has 6 nitrogen and oxygen atoms in total. The molecule has 0 spiro atoms. The van der Waals surface area contributed by atoms with E-state index in [9.17, 15) is 8.42 Å². The molecule has 1 aromatic heterocycles. The molecule has 1 aromatic rings. The van der Waals surface area contributed by atoms with Gasteiger partial charge in [-0.25, -0.2) is 8.42 Å². The van der Waals surface area contributed by atoms with Gasteiger partial charge in [-0.15, -0.1) is 0 Å². The van der Waals surface area contributed by atoms with Gasteiger partial charge in [0.15, 0.2) is 15.7 Å². The van der Waals surface area contributed by atoms with E-state index in [4.69, 9.17) is 10.5 Å². The monoisotopic (exact) mass is 333 g/mol. The van der Waals surface area contributed by atoms with E-state index in [0.717, 1.165) is 11.5 Å². The minimum atomic E-state index is -3.36. The summed E-state index contributed by atoms with van der Waals surface area (Å²) in [7, 11) is -3.36. The van der Waals surface area contributed by atoms with Crippen molar-refractivity contribution in [3.8, 4) is 0 Å². The summed E-state index contributed by atoms with van der Waals surface area (Å²) in [6, 6.07) is 0.0259. The number of nitrogen functional groups attached to an aromatic ring is 1. The summed E-state index contributed by atoms with van der Waals surface area (Å²) in [5.41, 5.74) is 5.79. The van der Waals surface area contributed by atoms with E-state index in [1.807, 2.05) is 6.92 Å². The molecule has 1 aliphatic carbocycles. The predicted octanol–water partition coefficient (Wildman–Crippen LogP) is 2.13. The highest BCUT2D eigenvalue weighted by molar-refractivity contribution is 7.92. The van der Waals surface area contributed by atoms with E-state index in [1.54, 1.807) is 0 Å². The molecule has 2 rings (SSSR count). The first-order chi connectivity index (χ1) is 9.87. The Kier molecular flexibility index (Phi) is 5.11. The topological polar surface area (TPSA) is 94.3 Å². The van der Waals surface area contributed by atoms with Gasteiger partial charge in [-0.3, -0.25) is 0 Å². The smallest absolute Gasteiger partial charge is 0.187 e. The second-order valence-electron chi connectivity index (χ2n) is 5.62. The van der Waals surface area contributed by atoms with Gasteiger partial charge in [-0.2, -0.15) is 4.37 Å². The SMILES string of the molecule is CCOCC(Nc1snc(N)c1S(=O)(=O)C1CC1)C(C)C. The maximum absolute atomic E-state index is 12.5. The molecule has 0 aromatic carbocycles. The van der Waals surface area contributed by atoms with Crippen LogP contribution in [0.5, 0.6) is 0 Å². The first kappa shape index (κ1) is 16.5. The molecule has 3 N–H and O–H groups in total. The standard InChI is InChI=1S/C13H23N3O3S2/c1-4-19-7-10(8(2)3)15-13-11(12(14)16-20-13)21(17,18)9-5-6-9/h8-10,15H,4-7H2,1-3H3,(H2,14,16). The molecule has 1 aliphatic rings. The van der Waals surface area contributed by atoms with Crippen LogP contribution < -0.4 is 11.1 Å². The fourth-order valence-electron chi connectivity index (χ4n) is 2.02. The van der Waals surface area contributed by atoms with Gasteiger partial charge < -0.3 is 15.8 Å². The van der Waals surface area contributed by atoms with Crippen LogP contribution in [-0.2, 0) is 14.6 Å². The number of nitrogens with one attached hydrogen (secondary N) is 1. The average Bonchev–Trinajstić information content (AvgIpc) is 3.19. The van der Waals surface area contributed by atoms with Gasteiger partial charge in [0.05, 0.1) is 17.9 Å². The van der Waals surface area contributed by atoms with Crippen molar-refractivity contribution in [3.05, 3.63) is 0 Å². The quantitative estimate of drug-likeness (QED) is 0.757. The predicted molar refractivity (Wildman–Crippen MR) is 85.5 cm³/mol. The Bertz CT molecular complexity index is 579. The van der Waals surface area contributed by atoms with Crippen LogP contribution in [0.25, 0.3) is 0 Å². The Hall–Kier alpha value is -0.860. The Morgan fingerprint density at radius 2 is 2.14 bits per heavy atom. The molecular formula is C13H23N3O3S2. The van der Waals surface area contributed by atoms with E-state index in [2.05, 4.69) is 23.5 Å². The molecule has 1 heterocycles. The zero-order valence-electron chi connectivity index (χ0n) is 12.6. The molecule has 1 saturated carbocycles. The highest BCUT2D eigenvalue weighted by Gasteiger charge is 2.41. The van der Waals surface area contributed by atoms with Gasteiger partial charge in [-0.1, -0.05) is 13.8 Å². The largest absolute Gasteiger partial charge is 0.382 e. The molecule has 120 valence electrons. The van der Waals surface area contributed by atoms with Crippen LogP contribution in [0.15, 0.2) is 4.90 Å². The number of aromatic nitrogens is 1. The first-order valence-electron chi connectivity index (χ1n) is 7.21. The molecule has 0 saturated heterocycles. The highest BCUT2D eigenvalue weighted by atomic mass is 32.2. The third-order valence-electron chi connectivity index (χ3n) is 3.54. The lowest BCUT2D eigenvalue weighted by Crippen LogP contribution is -2.31. The van der Waals surface area contributed by atoms with Gasteiger partial charge >= 0.3 is 0 Å². The van der Waals surface area contributed by atoms with Crippen LogP contribution in [0, 0.1) is 5.92 Å². The normalized spacial score (nSPS) is 17.1. The van der Waals surface area contributed by atoms with Crippen molar-refractivity contribution >= 4 is 32.2 Å². The molecule has 0 amide bonds. The third kappa shape index (κ3) is 3.67. The number of ether oxygens (including phenoxy) is 1. The number of anilines is 2. The lowest BCUT2D eigenvalue weighted by molar-refractivity contribution is 0.127. The van der Waals surface area contributed by atoms with E-state index < -0.39 is 9.84 Å². The van der Waals surface area contributed by atoms with Gasteiger partial charge in [0, 0.05) is 6.61 Å². The van der Waals surface area contributed by atoms with Crippen LogP contribution in [0.4, 0.5) is 10.8 Å². The zero-order valence-corrected chi connectivity index (χ0v) is 14.3. The molecule has 1 fully saturated rings. The number of hydrogen-bond donors (Lipinski definition) is 2. The minimum Gasteiger partial charge on any atom is -0.382 e. The van der Waals surface area contributed by atoms with Crippen LogP contribution in [-0.4, -0.2) is 37.3 Å². The van der Waals surface area contributed by atoms with E-state index in [-0.39, 0.29) is 22.0 Å². The Morgan fingerprint density at radius 3 is 2.67 bits per heavy atom. The van der Waals surface area contributed by atoms with Crippen molar-refractivity contribution in [3.63, 3.8) is 0 Å². The van der Waals surface area contributed by atoms with E-state index >= 15 is 0 Å². The minimum absolute atomic E-state index is 0.0259. The molecule has 1 atom stereocenters. The summed E-state index contributed by atoms with van der Waals surface area (Å²) in [6.45, 7) is 7.22. The van der Waals surface area contributed by atoms with Gasteiger partial charge in [-0.05, 0) is 37.2 Å². The number of nitrogens with two attached hydrogens (primary N) is 1. The third-order valence-corrected chi connectivity index (χ3v) is 6.80. The number of sulfone groups is 1.